The molecule has 0 unspecified atom stereocenters. The second-order valence-electron chi connectivity index (χ2n) is 7.99. The highest BCUT2D eigenvalue weighted by Crippen LogP contribution is 2.68. The Morgan fingerprint density at radius 1 is 0.926 bits per heavy atom. The number of hydrogen-bond acceptors (Lipinski definition) is 3. The minimum atomic E-state index is -4.60. The van der Waals surface area contributed by atoms with Crippen molar-refractivity contribution in [3.63, 3.8) is 0 Å². The zero-order valence-electron chi connectivity index (χ0n) is 14.2. The number of alkyl halides is 4. The Hall–Kier alpha value is -2.12. The highest BCUT2D eigenvalue weighted by atomic mass is 19.3. The number of carbonyl (C=O) groups excluding carboxylic acids is 2. The van der Waals surface area contributed by atoms with Gasteiger partial charge in [0.2, 0.25) is 11.8 Å². The predicted octanol–water partition coefficient (Wildman–Crippen LogP) is 3.70. The van der Waals surface area contributed by atoms with E-state index in [4.69, 9.17) is 0 Å². The normalized spacial score (nSPS) is 36.9. The molecule has 144 valence electrons. The maximum Gasteiger partial charge on any atom is 0.461 e. The summed E-state index contributed by atoms with van der Waals surface area (Å²) in [5, 5.41) is 0. The molecule has 1 aromatic rings. The molecular weight excluding hydrogens is 366 g/mol. The van der Waals surface area contributed by atoms with Crippen LogP contribution in [0.3, 0.4) is 0 Å². The summed E-state index contributed by atoms with van der Waals surface area (Å²) in [5.41, 5.74) is 0.264. The Morgan fingerprint density at radius 2 is 1.44 bits per heavy atom. The number of fused-ring (bicyclic) bond motifs is 1. The summed E-state index contributed by atoms with van der Waals surface area (Å²) < 4.78 is 54.5. The van der Waals surface area contributed by atoms with Gasteiger partial charge >= 0.3 is 12.5 Å². The van der Waals surface area contributed by atoms with Crippen LogP contribution in [-0.4, -0.2) is 24.3 Å². The largest absolute Gasteiger partial charge is 0.461 e. The third kappa shape index (κ3) is 2.34. The van der Waals surface area contributed by atoms with Crippen LogP contribution in [0.5, 0.6) is 5.75 Å². The van der Waals surface area contributed by atoms with Gasteiger partial charge in [0.05, 0.1) is 17.5 Å². The van der Waals surface area contributed by atoms with Gasteiger partial charge in [-0.05, 0) is 67.2 Å². The van der Waals surface area contributed by atoms with Crippen molar-refractivity contribution in [2.45, 2.75) is 31.8 Å². The molecule has 2 bridgehead atoms. The fourth-order valence-corrected chi connectivity index (χ4v) is 5.66. The van der Waals surface area contributed by atoms with E-state index in [1.807, 2.05) is 0 Å². The Balaban J connectivity index is 1.39. The van der Waals surface area contributed by atoms with E-state index in [9.17, 15) is 27.2 Å². The van der Waals surface area contributed by atoms with Gasteiger partial charge in [-0.3, -0.25) is 14.5 Å². The summed E-state index contributed by atoms with van der Waals surface area (Å²) in [6.07, 6.45) is -5.47. The third-order valence-corrected chi connectivity index (χ3v) is 6.75. The SMILES string of the molecule is O=C1[C@@H]2[C@@H]3CC[C@@H]([C@@H]4C[C@@H]43)[C@@H]2C(=O)N1c1ccc(OC(F)(F)C(F)F)cc1. The van der Waals surface area contributed by atoms with Crippen molar-refractivity contribution < 1.29 is 31.9 Å². The quantitative estimate of drug-likeness (QED) is 0.588. The number of carbonyl (C=O) groups is 2. The average molecular weight is 383 g/mol. The molecular formula is C19H17F4NO3. The summed E-state index contributed by atoms with van der Waals surface area (Å²) in [6.45, 7) is 0. The monoisotopic (exact) mass is 383 g/mol. The molecule has 1 aliphatic heterocycles. The molecule has 0 aromatic heterocycles. The van der Waals surface area contributed by atoms with Gasteiger partial charge < -0.3 is 4.74 Å². The molecule has 1 saturated heterocycles. The topological polar surface area (TPSA) is 46.6 Å². The van der Waals surface area contributed by atoms with Crippen LogP contribution in [0.2, 0.25) is 0 Å². The van der Waals surface area contributed by atoms with Crippen LogP contribution in [0.25, 0.3) is 0 Å². The zero-order chi connectivity index (χ0) is 19.1. The highest BCUT2D eigenvalue weighted by molar-refractivity contribution is 6.22. The Kier molecular flexibility index (Phi) is 3.44. The van der Waals surface area contributed by atoms with E-state index in [1.165, 1.54) is 12.1 Å². The van der Waals surface area contributed by atoms with Crippen molar-refractivity contribution in [2.75, 3.05) is 4.90 Å². The maximum atomic E-state index is 13.0. The molecule has 0 radical (unpaired) electrons. The Bertz CT molecular complexity index is 778. The lowest BCUT2D eigenvalue weighted by atomic mass is 9.59. The molecule has 1 aromatic carbocycles. The molecule has 27 heavy (non-hydrogen) atoms. The van der Waals surface area contributed by atoms with Gasteiger partial charge in [-0.1, -0.05) is 0 Å². The second-order valence-corrected chi connectivity index (χ2v) is 7.99. The first-order chi connectivity index (χ1) is 12.8. The smallest absolute Gasteiger partial charge is 0.428 e. The number of nitrogens with zero attached hydrogens (tertiary/aromatic N) is 1. The number of imide groups is 1. The number of hydrogen-bond donors (Lipinski definition) is 0. The lowest BCUT2D eigenvalue weighted by Gasteiger charge is -2.42. The summed E-state index contributed by atoms with van der Waals surface area (Å²) in [7, 11) is 0. The molecule has 0 spiro atoms. The van der Waals surface area contributed by atoms with E-state index in [1.54, 1.807) is 0 Å². The Morgan fingerprint density at radius 3 is 1.93 bits per heavy atom. The number of benzene rings is 1. The van der Waals surface area contributed by atoms with Crippen molar-refractivity contribution in [1.29, 1.82) is 0 Å². The average Bonchev–Trinajstić information content (AvgIpc) is 3.40. The number of halogens is 4. The van der Waals surface area contributed by atoms with Crippen molar-refractivity contribution in [2.24, 2.45) is 35.5 Å². The molecule has 6 atom stereocenters. The van der Waals surface area contributed by atoms with Gasteiger partial charge in [-0.15, -0.1) is 0 Å². The number of rotatable bonds is 4. The van der Waals surface area contributed by atoms with Crippen LogP contribution in [-0.2, 0) is 9.59 Å². The molecule has 4 aliphatic carbocycles. The van der Waals surface area contributed by atoms with Crippen LogP contribution < -0.4 is 9.64 Å². The molecule has 0 N–H and O–H groups in total. The summed E-state index contributed by atoms with van der Waals surface area (Å²) >= 11 is 0. The summed E-state index contributed by atoms with van der Waals surface area (Å²) in [5.74, 6) is 0.189. The summed E-state index contributed by atoms with van der Waals surface area (Å²) in [6, 6.07) is 4.71. The molecule has 4 nitrogen and oxygen atoms in total. The molecule has 4 saturated carbocycles. The van der Waals surface area contributed by atoms with Gasteiger partial charge in [0, 0.05) is 0 Å². The van der Waals surface area contributed by atoms with E-state index in [2.05, 4.69) is 4.74 Å². The minimum absolute atomic E-state index is 0.225. The molecule has 5 aliphatic rings. The second kappa shape index (κ2) is 5.45. The van der Waals surface area contributed by atoms with E-state index in [0.717, 1.165) is 36.3 Å². The van der Waals surface area contributed by atoms with E-state index >= 15 is 0 Å². The highest BCUT2D eigenvalue weighted by Gasteiger charge is 2.68. The third-order valence-electron chi connectivity index (χ3n) is 6.75. The first-order valence-electron chi connectivity index (χ1n) is 9.12. The van der Waals surface area contributed by atoms with Gasteiger partial charge in [0.1, 0.15) is 5.75 Å². The Labute approximate surface area is 152 Å². The molecule has 2 amide bonds. The number of amides is 2. The van der Waals surface area contributed by atoms with E-state index in [0.29, 0.717) is 11.8 Å². The van der Waals surface area contributed by atoms with Crippen LogP contribution in [0.15, 0.2) is 24.3 Å². The fourth-order valence-electron chi connectivity index (χ4n) is 5.66. The molecule has 1 heterocycles. The van der Waals surface area contributed by atoms with Gasteiger partial charge in [-0.2, -0.15) is 17.6 Å². The van der Waals surface area contributed by atoms with Crippen LogP contribution in [0.4, 0.5) is 23.2 Å². The van der Waals surface area contributed by atoms with Gasteiger partial charge in [0.15, 0.2) is 0 Å². The van der Waals surface area contributed by atoms with Crippen molar-refractivity contribution >= 4 is 17.5 Å². The van der Waals surface area contributed by atoms with Gasteiger partial charge in [-0.25, -0.2) is 0 Å². The fraction of sp³-hybridized carbons (Fsp3) is 0.579. The first-order valence-corrected chi connectivity index (χ1v) is 9.12. The van der Waals surface area contributed by atoms with Crippen LogP contribution in [0.1, 0.15) is 19.3 Å². The first kappa shape index (κ1) is 17.0. The lowest BCUT2D eigenvalue weighted by molar-refractivity contribution is -0.253. The van der Waals surface area contributed by atoms with Crippen molar-refractivity contribution in [3.8, 4) is 5.75 Å². The minimum Gasteiger partial charge on any atom is -0.428 e. The van der Waals surface area contributed by atoms with E-state index < -0.39 is 18.3 Å². The predicted molar refractivity (Wildman–Crippen MR) is 85.3 cm³/mol. The van der Waals surface area contributed by atoms with Crippen LogP contribution >= 0.6 is 0 Å². The molecule has 6 rings (SSSR count). The summed E-state index contributed by atoms with van der Waals surface area (Å²) in [4.78, 5) is 27.1. The zero-order valence-corrected chi connectivity index (χ0v) is 14.2. The van der Waals surface area contributed by atoms with Gasteiger partial charge in [0.25, 0.3) is 0 Å². The number of ether oxygens (including phenoxy) is 1. The lowest BCUT2D eigenvalue weighted by Crippen LogP contribution is -2.43. The molecule has 8 heteroatoms. The van der Waals surface area contributed by atoms with Crippen molar-refractivity contribution in [1.82, 2.24) is 0 Å². The molecule has 5 fully saturated rings. The number of anilines is 1. The van der Waals surface area contributed by atoms with Crippen LogP contribution in [0, 0.1) is 35.5 Å². The maximum absolute atomic E-state index is 13.0. The van der Waals surface area contributed by atoms with Crippen molar-refractivity contribution in [3.05, 3.63) is 24.3 Å². The standard InChI is InChI=1S/C19H17F4NO3/c20-18(21)19(22,23)27-9-3-1-8(2-4-9)24-16(25)14-10-5-6-11(13-7-12(10)13)15(14)17(24)26/h1-4,10-15,18H,5-7H2/t10-,11+,12-,13+,14-,15+. The van der Waals surface area contributed by atoms with E-state index in [-0.39, 0.29) is 41.2 Å².